The van der Waals surface area contributed by atoms with E-state index in [0.29, 0.717) is 32.1 Å². The van der Waals surface area contributed by atoms with Gasteiger partial charge in [-0.15, -0.1) is 0 Å². The summed E-state index contributed by atoms with van der Waals surface area (Å²) in [4.78, 5) is 12.2. The van der Waals surface area contributed by atoms with Gasteiger partial charge in [-0.2, -0.15) is 0 Å². The average Bonchev–Trinajstić information content (AvgIpc) is 2.66. The van der Waals surface area contributed by atoms with Gasteiger partial charge >= 0.3 is 0 Å². The van der Waals surface area contributed by atoms with Crippen LogP contribution in [0.4, 0.5) is 0 Å². The van der Waals surface area contributed by atoms with E-state index in [4.69, 9.17) is 14.2 Å². The van der Waals surface area contributed by atoms with E-state index in [1.165, 1.54) is 0 Å². The Morgan fingerprint density at radius 2 is 1.80 bits per heavy atom. The Bertz CT molecular complexity index is 755. The summed E-state index contributed by atoms with van der Waals surface area (Å²) in [5, 5.41) is 2.84. The Morgan fingerprint density at radius 1 is 1.04 bits per heavy atom. The second kappa shape index (κ2) is 8.24. The first-order chi connectivity index (χ1) is 12.2. The van der Waals surface area contributed by atoms with Gasteiger partial charge in [0, 0.05) is 6.54 Å². The lowest BCUT2D eigenvalue weighted by Gasteiger charge is -2.19. The number of allylic oxidation sites excluding steroid dienone is 1. The molecule has 25 heavy (non-hydrogen) atoms. The number of benzene rings is 2. The zero-order chi connectivity index (χ0) is 17.5. The van der Waals surface area contributed by atoms with Crippen molar-refractivity contribution in [2.45, 2.75) is 20.1 Å². The quantitative estimate of drug-likeness (QED) is 0.878. The molecule has 5 nitrogen and oxygen atoms in total. The number of hydrogen-bond donors (Lipinski definition) is 1. The Morgan fingerprint density at radius 3 is 2.60 bits per heavy atom. The second-order valence-electron chi connectivity index (χ2n) is 5.69. The molecular weight excluding hydrogens is 318 g/mol. The lowest BCUT2D eigenvalue weighted by Crippen LogP contribution is -2.29. The SMILES string of the molecule is CC1=C(C(=O)NCc2cccc(OCc3ccccc3)c2)OCCO1. The van der Waals surface area contributed by atoms with Crippen molar-refractivity contribution >= 4 is 5.91 Å². The van der Waals surface area contributed by atoms with Gasteiger partial charge in [0.25, 0.3) is 5.91 Å². The summed E-state index contributed by atoms with van der Waals surface area (Å²) >= 11 is 0. The molecule has 1 heterocycles. The first-order valence-corrected chi connectivity index (χ1v) is 8.23. The predicted molar refractivity (Wildman–Crippen MR) is 93.7 cm³/mol. The monoisotopic (exact) mass is 339 g/mol. The zero-order valence-corrected chi connectivity index (χ0v) is 14.2. The van der Waals surface area contributed by atoms with Gasteiger partial charge < -0.3 is 19.5 Å². The zero-order valence-electron chi connectivity index (χ0n) is 14.2. The van der Waals surface area contributed by atoms with E-state index in [-0.39, 0.29) is 11.7 Å². The lowest BCUT2D eigenvalue weighted by molar-refractivity contribution is -0.122. The molecule has 0 fully saturated rings. The third kappa shape index (κ3) is 4.76. The number of carbonyl (C=O) groups is 1. The normalized spacial score (nSPS) is 13.6. The molecule has 5 heteroatoms. The van der Waals surface area contributed by atoms with Crippen LogP contribution in [0, 0.1) is 0 Å². The van der Waals surface area contributed by atoms with Crippen LogP contribution in [0.5, 0.6) is 5.75 Å². The molecule has 2 aromatic carbocycles. The maximum absolute atomic E-state index is 12.2. The first-order valence-electron chi connectivity index (χ1n) is 8.23. The Hall–Kier alpha value is -2.95. The highest BCUT2D eigenvalue weighted by Gasteiger charge is 2.19. The summed E-state index contributed by atoms with van der Waals surface area (Å²) in [5.74, 6) is 1.27. The van der Waals surface area contributed by atoms with E-state index >= 15 is 0 Å². The fourth-order valence-electron chi connectivity index (χ4n) is 2.48. The molecule has 1 aliphatic rings. The van der Waals surface area contributed by atoms with Crippen molar-refractivity contribution in [1.82, 2.24) is 5.32 Å². The number of amides is 1. The molecule has 1 N–H and O–H groups in total. The smallest absolute Gasteiger partial charge is 0.290 e. The number of nitrogens with one attached hydrogen (secondary N) is 1. The van der Waals surface area contributed by atoms with E-state index < -0.39 is 0 Å². The molecule has 0 aromatic heterocycles. The molecule has 0 saturated heterocycles. The molecule has 0 saturated carbocycles. The van der Waals surface area contributed by atoms with E-state index in [2.05, 4.69) is 5.32 Å². The van der Waals surface area contributed by atoms with Crippen LogP contribution >= 0.6 is 0 Å². The minimum atomic E-state index is -0.271. The van der Waals surface area contributed by atoms with Crippen LogP contribution in [-0.2, 0) is 27.4 Å². The highest BCUT2D eigenvalue weighted by Crippen LogP contribution is 2.16. The van der Waals surface area contributed by atoms with Crippen molar-refractivity contribution in [3.63, 3.8) is 0 Å². The van der Waals surface area contributed by atoms with Crippen molar-refractivity contribution in [2.24, 2.45) is 0 Å². The summed E-state index contributed by atoms with van der Waals surface area (Å²) in [6.07, 6.45) is 0. The van der Waals surface area contributed by atoms with Crippen molar-refractivity contribution in [3.05, 3.63) is 77.2 Å². The summed E-state index contributed by atoms with van der Waals surface area (Å²) in [5.41, 5.74) is 2.06. The van der Waals surface area contributed by atoms with Gasteiger partial charge in [0.1, 0.15) is 31.3 Å². The molecule has 1 aliphatic heterocycles. The van der Waals surface area contributed by atoms with Crippen LogP contribution in [0.15, 0.2) is 66.1 Å². The van der Waals surface area contributed by atoms with Crippen molar-refractivity contribution in [1.29, 1.82) is 0 Å². The standard InChI is InChI=1S/C20H21NO4/c1-15-19(24-11-10-23-15)20(22)21-13-17-8-5-9-18(12-17)25-14-16-6-3-2-4-7-16/h2-9,12H,10-11,13-14H2,1H3,(H,21,22). The van der Waals surface area contributed by atoms with E-state index in [1.807, 2.05) is 54.6 Å². The molecule has 130 valence electrons. The highest BCUT2D eigenvalue weighted by molar-refractivity contribution is 5.91. The number of carbonyl (C=O) groups excluding carboxylic acids is 1. The van der Waals surface area contributed by atoms with Gasteiger partial charge in [0.05, 0.1) is 0 Å². The Labute approximate surface area is 147 Å². The third-order valence-corrected chi connectivity index (χ3v) is 3.77. The van der Waals surface area contributed by atoms with E-state index in [0.717, 1.165) is 16.9 Å². The molecule has 0 spiro atoms. The Kier molecular flexibility index (Phi) is 5.57. The van der Waals surface area contributed by atoms with Crippen LogP contribution in [0.25, 0.3) is 0 Å². The maximum atomic E-state index is 12.2. The van der Waals surface area contributed by atoms with Gasteiger partial charge in [0.2, 0.25) is 5.76 Å². The molecule has 2 aromatic rings. The molecule has 0 aliphatic carbocycles. The molecule has 0 unspecified atom stereocenters. The third-order valence-electron chi connectivity index (χ3n) is 3.77. The minimum absolute atomic E-state index is 0.253. The minimum Gasteiger partial charge on any atom is -0.491 e. The largest absolute Gasteiger partial charge is 0.491 e. The molecule has 3 rings (SSSR count). The Balaban J connectivity index is 1.55. The van der Waals surface area contributed by atoms with Crippen molar-refractivity contribution in [3.8, 4) is 5.75 Å². The average molecular weight is 339 g/mol. The molecule has 0 bridgehead atoms. The molecular formula is C20H21NO4. The van der Waals surface area contributed by atoms with Gasteiger partial charge in [-0.05, 0) is 30.2 Å². The van der Waals surface area contributed by atoms with Gasteiger partial charge in [-0.3, -0.25) is 4.79 Å². The number of ether oxygens (including phenoxy) is 3. The van der Waals surface area contributed by atoms with Gasteiger partial charge in [-0.1, -0.05) is 42.5 Å². The number of rotatable bonds is 6. The highest BCUT2D eigenvalue weighted by atomic mass is 16.6. The van der Waals surface area contributed by atoms with Crippen molar-refractivity contribution in [2.75, 3.05) is 13.2 Å². The molecule has 0 radical (unpaired) electrons. The summed E-state index contributed by atoms with van der Waals surface area (Å²) in [7, 11) is 0. The van der Waals surface area contributed by atoms with Gasteiger partial charge in [0.15, 0.2) is 0 Å². The fraction of sp³-hybridized carbons (Fsp3) is 0.250. The topological polar surface area (TPSA) is 56.8 Å². The lowest BCUT2D eigenvalue weighted by atomic mass is 10.2. The fourth-order valence-corrected chi connectivity index (χ4v) is 2.48. The summed E-state index contributed by atoms with van der Waals surface area (Å²) in [6.45, 7) is 3.49. The van der Waals surface area contributed by atoms with Gasteiger partial charge in [-0.25, -0.2) is 0 Å². The predicted octanol–water partition coefficient (Wildman–Crippen LogP) is 3.16. The second-order valence-corrected chi connectivity index (χ2v) is 5.69. The van der Waals surface area contributed by atoms with Crippen LogP contribution in [-0.4, -0.2) is 19.1 Å². The van der Waals surface area contributed by atoms with Crippen molar-refractivity contribution < 1.29 is 19.0 Å². The van der Waals surface area contributed by atoms with E-state index in [1.54, 1.807) is 6.92 Å². The number of hydrogen-bond acceptors (Lipinski definition) is 4. The van der Waals surface area contributed by atoms with Crippen LogP contribution in [0.1, 0.15) is 18.1 Å². The summed E-state index contributed by atoms with van der Waals surface area (Å²) < 4.78 is 16.5. The van der Waals surface area contributed by atoms with Crippen LogP contribution in [0.2, 0.25) is 0 Å². The van der Waals surface area contributed by atoms with Crippen LogP contribution in [0.3, 0.4) is 0 Å². The van der Waals surface area contributed by atoms with E-state index in [9.17, 15) is 4.79 Å². The molecule has 1 amide bonds. The summed E-state index contributed by atoms with van der Waals surface area (Å²) in [6, 6.07) is 17.7. The maximum Gasteiger partial charge on any atom is 0.290 e. The molecule has 0 atom stereocenters. The first kappa shape index (κ1) is 16.9. The van der Waals surface area contributed by atoms with Crippen LogP contribution < -0.4 is 10.1 Å².